The standard InChI is InChI=1S/C9H17N3OSi/c1-7-6-12(2)9(13)10-8(7)11-14(3,4)5/h6H,1-5H3,(H,10,11,13). The highest BCUT2D eigenvalue weighted by molar-refractivity contribution is 6.79. The van der Waals surface area contributed by atoms with Crippen molar-refractivity contribution in [3.05, 3.63) is 22.2 Å². The molecule has 0 saturated heterocycles. The predicted molar refractivity (Wildman–Crippen MR) is 61.2 cm³/mol. The van der Waals surface area contributed by atoms with E-state index in [-0.39, 0.29) is 5.69 Å². The second kappa shape index (κ2) is 3.57. The maximum absolute atomic E-state index is 11.3. The summed E-state index contributed by atoms with van der Waals surface area (Å²) >= 11 is 0. The molecular formula is C9H17N3OSi. The molecule has 0 aromatic carbocycles. The molecule has 4 nitrogen and oxygen atoms in total. The first-order valence-corrected chi connectivity index (χ1v) is 8.12. The molecule has 0 fully saturated rings. The lowest BCUT2D eigenvalue weighted by Gasteiger charge is -2.20. The van der Waals surface area contributed by atoms with Crippen LogP contribution >= 0.6 is 0 Å². The van der Waals surface area contributed by atoms with Gasteiger partial charge in [-0.1, -0.05) is 19.6 Å². The van der Waals surface area contributed by atoms with Gasteiger partial charge in [0.05, 0.1) is 0 Å². The molecule has 0 spiro atoms. The number of hydrogen-bond donors (Lipinski definition) is 1. The Balaban J connectivity index is 3.11. The fraction of sp³-hybridized carbons (Fsp3) is 0.556. The lowest BCUT2D eigenvalue weighted by atomic mass is 10.3. The van der Waals surface area contributed by atoms with E-state index < -0.39 is 8.24 Å². The van der Waals surface area contributed by atoms with Gasteiger partial charge in [-0.2, -0.15) is 4.98 Å². The van der Waals surface area contributed by atoms with Crippen molar-refractivity contribution < 1.29 is 0 Å². The minimum absolute atomic E-state index is 0.212. The Morgan fingerprint density at radius 1 is 1.43 bits per heavy atom. The summed E-state index contributed by atoms with van der Waals surface area (Å²) in [6.07, 6.45) is 1.80. The van der Waals surface area contributed by atoms with Gasteiger partial charge >= 0.3 is 5.69 Å². The summed E-state index contributed by atoms with van der Waals surface area (Å²) < 4.78 is 1.49. The van der Waals surface area contributed by atoms with E-state index in [0.717, 1.165) is 11.4 Å². The Morgan fingerprint density at radius 3 is 2.50 bits per heavy atom. The second-order valence-corrected chi connectivity index (χ2v) is 9.29. The van der Waals surface area contributed by atoms with E-state index in [1.807, 2.05) is 6.92 Å². The van der Waals surface area contributed by atoms with Crippen LogP contribution in [-0.4, -0.2) is 17.8 Å². The number of nitrogens with one attached hydrogen (secondary N) is 1. The van der Waals surface area contributed by atoms with Crippen LogP contribution < -0.4 is 10.7 Å². The van der Waals surface area contributed by atoms with Gasteiger partial charge in [0.15, 0.2) is 0 Å². The van der Waals surface area contributed by atoms with E-state index in [4.69, 9.17) is 0 Å². The summed E-state index contributed by atoms with van der Waals surface area (Å²) in [5.41, 5.74) is 0.797. The molecule has 0 aliphatic carbocycles. The molecule has 5 heteroatoms. The molecule has 78 valence electrons. The molecule has 0 aliphatic heterocycles. The average Bonchev–Trinajstić information content (AvgIpc) is 1.97. The Bertz CT molecular complexity index is 392. The number of rotatable bonds is 2. The number of nitrogens with zero attached hydrogens (tertiary/aromatic N) is 2. The van der Waals surface area contributed by atoms with Gasteiger partial charge in [-0.25, -0.2) is 4.79 Å². The van der Waals surface area contributed by atoms with Crippen molar-refractivity contribution in [3.8, 4) is 0 Å². The van der Waals surface area contributed by atoms with Gasteiger partial charge in [-0.3, -0.25) is 0 Å². The highest BCUT2D eigenvalue weighted by Crippen LogP contribution is 2.11. The summed E-state index contributed by atoms with van der Waals surface area (Å²) in [4.78, 5) is 18.6. The Labute approximate surface area is 85.1 Å². The van der Waals surface area contributed by atoms with Crippen LogP contribution in [0.1, 0.15) is 5.56 Å². The van der Waals surface area contributed by atoms with Gasteiger partial charge in [0, 0.05) is 18.8 Å². The minimum atomic E-state index is -1.43. The predicted octanol–water partition coefficient (Wildman–Crippen LogP) is 1.34. The third kappa shape index (κ3) is 2.70. The smallest absolute Gasteiger partial charge is 0.349 e. The SMILES string of the molecule is Cc1cn(C)c(=O)nc1N[Si](C)(C)C. The summed E-state index contributed by atoms with van der Waals surface area (Å²) in [6, 6.07) is 0. The summed E-state index contributed by atoms with van der Waals surface area (Å²) in [7, 11) is 0.279. The van der Waals surface area contributed by atoms with Crippen LogP contribution in [0.25, 0.3) is 0 Å². The zero-order valence-corrected chi connectivity index (χ0v) is 10.4. The van der Waals surface area contributed by atoms with E-state index in [1.165, 1.54) is 4.57 Å². The van der Waals surface area contributed by atoms with Gasteiger partial charge in [0.25, 0.3) is 0 Å². The van der Waals surface area contributed by atoms with Gasteiger partial charge in [0.2, 0.25) is 0 Å². The van der Waals surface area contributed by atoms with Crippen LogP contribution in [0.5, 0.6) is 0 Å². The zero-order valence-electron chi connectivity index (χ0n) is 9.38. The molecular weight excluding hydrogens is 194 g/mol. The van der Waals surface area contributed by atoms with Crippen LogP contribution in [0.15, 0.2) is 11.0 Å². The highest BCUT2D eigenvalue weighted by atomic mass is 28.3. The first-order valence-electron chi connectivity index (χ1n) is 4.62. The van der Waals surface area contributed by atoms with Gasteiger partial charge < -0.3 is 9.55 Å². The van der Waals surface area contributed by atoms with E-state index in [0.29, 0.717) is 0 Å². The Kier molecular flexibility index (Phi) is 2.80. The van der Waals surface area contributed by atoms with E-state index in [2.05, 4.69) is 29.6 Å². The molecule has 1 aromatic rings. The molecule has 0 amide bonds. The van der Waals surface area contributed by atoms with Crippen LogP contribution in [0, 0.1) is 6.92 Å². The van der Waals surface area contributed by atoms with Crippen molar-refractivity contribution in [2.75, 3.05) is 4.98 Å². The lowest BCUT2D eigenvalue weighted by Crippen LogP contribution is -2.35. The maximum atomic E-state index is 11.3. The van der Waals surface area contributed by atoms with Crippen LogP contribution in [-0.2, 0) is 7.05 Å². The third-order valence-electron chi connectivity index (χ3n) is 1.76. The molecule has 0 bridgehead atoms. The largest absolute Gasteiger partial charge is 0.396 e. The third-order valence-corrected chi connectivity index (χ3v) is 2.75. The first-order chi connectivity index (χ1) is 6.29. The van der Waals surface area contributed by atoms with Crippen LogP contribution in [0.3, 0.4) is 0 Å². The maximum Gasteiger partial charge on any atom is 0.349 e. The summed E-state index contributed by atoms with van der Waals surface area (Å²) in [5.74, 6) is 0.729. The second-order valence-electron chi connectivity index (χ2n) is 4.54. The van der Waals surface area contributed by atoms with Crippen molar-refractivity contribution in [3.63, 3.8) is 0 Å². The monoisotopic (exact) mass is 211 g/mol. The van der Waals surface area contributed by atoms with Crippen molar-refractivity contribution >= 4 is 14.1 Å². The summed E-state index contributed by atoms with van der Waals surface area (Å²) in [6.45, 7) is 8.47. The Hall–Kier alpha value is -1.10. The summed E-state index contributed by atoms with van der Waals surface area (Å²) in [5, 5.41) is 0. The average molecular weight is 211 g/mol. The number of aryl methyl sites for hydroxylation is 2. The van der Waals surface area contributed by atoms with E-state index >= 15 is 0 Å². The van der Waals surface area contributed by atoms with Gasteiger partial charge in [0.1, 0.15) is 14.1 Å². The number of hydrogen-bond acceptors (Lipinski definition) is 3. The van der Waals surface area contributed by atoms with Gasteiger partial charge in [-0.05, 0) is 6.92 Å². The first kappa shape index (κ1) is 11.0. The van der Waals surface area contributed by atoms with Crippen molar-refractivity contribution in [2.45, 2.75) is 26.6 Å². The molecule has 0 saturated carbocycles. The van der Waals surface area contributed by atoms with Crippen LogP contribution in [0.4, 0.5) is 5.82 Å². The molecule has 0 aliphatic rings. The number of aromatic nitrogens is 2. The molecule has 1 N–H and O–H groups in total. The molecule has 1 rings (SSSR count). The van der Waals surface area contributed by atoms with E-state index in [1.54, 1.807) is 13.2 Å². The van der Waals surface area contributed by atoms with Crippen molar-refractivity contribution in [2.24, 2.45) is 7.05 Å². The zero-order chi connectivity index (χ0) is 10.9. The van der Waals surface area contributed by atoms with Crippen LogP contribution in [0.2, 0.25) is 19.6 Å². The van der Waals surface area contributed by atoms with Crippen molar-refractivity contribution in [1.29, 1.82) is 0 Å². The lowest BCUT2D eigenvalue weighted by molar-refractivity contribution is 0.805. The molecule has 0 atom stereocenters. The molecule has 1 aromatic heterocycles. The van der Waals surface area contributed by atoms with E-state index in [9.17, 15) is 4.79 Å². The molecule has 1 heterocycles. The highest BCUT2D eigenvalue weighted by Gasteiger charge is 2.15. The van der Waals surface area contributed by atoms with Gasteiger partial charge in [-0.15, -0.1) is 0 Å². The quantitative estimate of drug-likeness (QED) is 0.751. The minimum Gasteiger partial charge on any atom is -0.396 e. The topological polar surface area (TPSA) is 46.9 Å². The normalized spacial score (nSPS) is 11.5. The number of anilines is 1. The molecule has 0 radical (unpaired) electrons. The molecule has 0 unspecified atom stereocenters. The Morgan fingerprint density at radius 2 is 2.00 bits per heavy atom. The molecule has 14 heavy (non-hydrogen) atoms. The van der Waals surface area contributed by atoms with Crippen molar-refractivity contribution in [1.82, 2.24) is 9.55 Å². The fourth-order valence-corrected chi connectivity index (χ4v) is 2.11. The fourth-order valence-electron chi connectivity index (χ4n) is 1.15.